The van der Waals surface area contributed by atoms with Crippen LogP contribution >= 0.6 is 0 Å². The highest BCUT2D eigenvalue weighted by molar-refractivity contribution is 5.89. The van der Waals surface area contributed by atoms with E-state index in [1.54, 1.807) is 25.1 Å². The van der Waals surface area contributed by atoms with Crippen LogP contribution in [0.1, 0.15) is 59.3 Å². The number of benzene rings is 2. The van der Waals surface area contributed by atoms with Gasteiger partial charge in [0.05, 0.1) is 17.7 Å². The molecule has 4 nitrogen and oxygen atoms in total. The summed E-state index contributed by atoms with van der Waals surface area (Å²) in [6, 6.07) is 7.79. The van der Waals surface area contributed by atoms with Crippen LogP contribution in [0.2, 0.25) is 0 Å². The van der Waals surface area contributed by atoms with Gasteiger partial charge in [-0.3, -0.25) is 0 Å². The van der Waals surface area contributed by atoms with Crippen LogP contribution in [0.4, 0.5) is 13.2 Å². The average molecular weight is 434 g/mol. The number of unbranched alkanes of at least 4 members (excludes halogenated alkanes) is 1. The number of phenolic OH excluding ortho intramolecular Hbond substituents is 1. The lowest BCUT2D eigenvalue weighted by molar-refractivity contribution is -0.137. The van der Waals surface area contributed by atoms with Gasteiger partial charge in [-0.2, -0.15) is 13.2 Å². The predicted octanol–water partition coefficient (Wildman–Crippen LogP) is 5.35. The van der Waals surface area contributed by atoms with E-state index in [4.69, 9.17) is 9.47 Å². The van der Waals surface area contributed by atoms with Crippen LogP contribution in [0.3, 0.4) is 0 Å². The van der Waals surface area contributed by atoms with Crippen molar-refractivity contribution in [2.45, 2.75) is 39.3 Å². The van der Waals surface area contributed by atoms with Crippen LogP contribution in [0.15, 0.2) is 36.4 Å². The Labute approximate surface area is 180 Å². The first-order valence-corrected chi connectivity index (χ1v) is 10.1. The molecule has 0 aliphatic carbocycles. The van der Waals surface area contributed by atoms with Crippen LogP contribution < -0.4 is 0 Å². The van der Waals surface area contributed by atoms with Crippen molar-refractivity contribution >= 4 is 5.97 Å². The summed E-state index contributed by atoms with van der Waals surface area (Å²) in [4.78, 5) is 12.1. The van der Waals surface area contributed by atoms with Gasteiger partial charge in [-0.25, -0.2) is 4.79 Å². The molecule has 0 atom stereocenters. The summed E-state index contributed by atoms with van der Waals surface area (Å²) >= 11 is 0. The third kappa shape index (κ3) is 7.34. The summed E-state index contributed by atoms with van der Waals surface area (Å²) in [5.41, 5.74) is 0.420. The lowest BCUT2D eigenvalue weighted by atomic mass is 9.98. The molecule has 0 aliphatic rings. The third-order valence-corrected chi connectivity index (χ3v) is 4.45. The zero-order chi connectivity index (χ0) is 22.9. The molecule has 0 radical (unpaired) electrons. The highest BCUT2D eigenvalue weighted by Crippen LogP contribution is 2.33. The van der Waals surface area contributed by atoms with Crippen molar-refractivity contribution in [3.63, 3.8) is 0 Å². The van der Waals surface area contributed by atoms with Gasteiger partial charge in [-0.1, -0.05) is 11.8 Å². The lowest BCUT2D eigenvalue weighted by Gasteiger charge is -2.10. The summed E-state index contributed by atoms with van der Waals surface area (Å²) in [5.74, 6) is 4.42. The first-order chi connectivity index (χ1) is 14.8. The predicted molar refractivity (Wildman–Crippen MR) is 111 cm³/mol. The Bertz CT molecular complexity index is 956. The second-order valence-electron chi connectivity index (χ2n) is 6.72. The molecular weight excluding hydrogens is 409 g/mol. The number of halogens is 3. The molecule has 0 unspecified atom stereocenters. The molecule has 0 amide bonds. The quantitative estimate of drug-likeness (QED) is 0.346. The third-order valence-electron chi connectivity index (χ3n) is 4.45. The number of hydrogen-bond donors (Lipinski definition) is 1. The van der Waals surface area contributed by atoms with Crippen LogP contribution in [0.25, 0.3) is 0 Å². The zero-order valence-electron chi connectivity index (χ0n) is 17.5. The minimum absolute atomic E-state index is 0.234. The Morgan fingerprint density at radius 3 is 2.39 bits per heavy atom. The van der Waals surface area contributed by atoms with Gasteiger partial charge in [-0.05, 0) is 75.1 Å². The number of hydrogen-bond acceptors (Lipinski definition) is 4. The normalized spacial score (nSPS) is 11.0. The van der Waals surface area contributed by atoms with Crippen molar-refractivity contribution in [3.05, 3.63) is 64.2 Å². The van der Waals surface area contributed by atoms with E-state index in [0.717, 1.165) is 30.5 Å². The maximum atomic E-state index is 13.3. The van der Waals surface area contributed by atoms with Gasteiger partial charge >= 0.3 is 12.1 Å². The zero-order valence-corrected chi connectivity index (χ0v) is 17.5. The van der Waals surface area contributed by atoms with Crippen LogP contribution in [-0.4, -0.2) is 30.9 Å². The molecule has 2 rings (SSSR count). The first-order valence-electron chi connectivity index (χ1n) is 10.1. The van der Waals surface area contributed by atoms with E-state index in [-0.39, 0.29) is 12.2 Å². The van der Waals surface area contributed by atoms with Gasteiger partial charge in [0.15, 0.2) is 0 Å². The van der Waals surface area contributed by atoms with Gasteiger partial charge < -0.3 is 14.6 Å². The first kappa shape index (κ1) is 24.3. The Morgan fingerprint density at radius 2 is 1.71 bits per heavy atom. The van der Waals surface area contributed by atoms with Crippen molar-refractivity contribution < 1.29 is 32.5 Å². The molecule has 2 aromatic carbocycles. The fraction of sp³-hybridized carbons (Fsp3) is 0.375. The fourth-order valence-corrected chi connectivity index (χ4v) is 2.94. The summed E-state index contributed by atoms with van der Waals surface area (Å²) in [5, 5.41) is 9.41. The molecule has 0 spiro atoms. The van der Waals surface area contributed by atoms with E-state index >= 15 is 0 Å². The Morgan fingerprint density at radius 1 is 1.00 bits per heavy atom. The minimum Gasteiger partial charge on any atom is -0.508 e. The molecule has 0 bridgehead atoms. The Balaban J connectivity index is 2.37. The second-order valence-corrected chi connectivity index (χ2v) is 6.72. The number of aryl methyl sites for hydroxylation is 1. The number of carbonyl (C=O) groups is 1. The van der Waals surface area contributed by atoms with E-state index < -0.39 is 23.5 Å². The topological polar surface area (TPSA) is 55.8 Å². The second kappa shape index (κ2) is 11.4. The smallest absolute Gasteiger partial charge is 0.417 e. The molecule has 0 fully saturated rings. The molecule has 0 saturated heterocycles. The van der Waals surface area contributed by atoms with E-state index in [0.29, 0.717) is 36.8 Å². The number of rotatable bonds is 8. The molecule has 166 valence electrons. The molecule has 7 heteroatoms. The van der Waals surface area contributed by atoms with Crippen LogP contribution in [-0.2, 0) is 22.1 Å². The number of ether oxygens (including phenoxy) is 2. The Hall–Kier alpha value is -2.98. The van der Waals surface area contributed by atoms with E-state index in [1.165, 1.54) is 0 Å². The van der Waals surface area contributed by atoms with E-state index in [1.807, 2.05) is 6.92 Å². The molecule has 0 saturated carbocycles. The molecule has 2 aromatic rings. The minimum atomic E-state index is -4.64. The number of carbonyl (C=O) groups excluding carboxylic acids is 1. The summed E-state index contributed by atoms with van der Waals surface area (Å²) in [7, 11) is 0. The van der Waals surface area contributed by atoms with Gasteiger partial charge in [0, 0.05) is 24.3 Å². The maximum Gasteiger partial charge on any atom is 0.417 e. The monoisotopic (exact) mass is 434 g/mol. The number of phenols is 1. The molecule has 0 heterocycles. The molecule has 31 heavy (non-hydrogen) atoms. The van der Waals surface area contributed by atoms with Crippen molar-refractivity contribution in [2.24, 2.45) is 0 Å². The van der Waals surface area contributed by atoms with Crippen molar-refractivity contribution in [2.75, 3.05) is 19.8 Å². The Kier molecular flexibility index (Phi) is 8.95. The van der Waals surface area contributed by atoms with Gasteiger partial charge in [-0.15, -0.1) is 0 Å². The maximum absolute atomic E-state index is 13.3. The standard InChI is InChI=1S/C24H25F3O4/c1-3-30-14-6-5-7-19-15-20(23(29)31-4-2)11-9-17(19)8-10-18-12-13-21(28)16-22(18)24(25,26)27/h9,11-13,15-16,28H,3-7,14H2,1-2H3. The van der Waals surface area contributed by atoms with E-state index in [2.05, 4.69) is 11.8 Å². The molecule has 0 aromatic heterocycles. The summed E-state index contributed by atoms with van der Waals surface area (Å²) < 4.78 is 50.2. The van der Waals surface area contributed by atoms with Crippen molar-refractivity contribution in [1.29, 1.82) is 0 Å². The van der Waals surface area contributed by atoms with Crippen LogP contribution in [0.5, 0.6) is 5.75 Å². The van der Waals surface area contributed by atoms with Gasteiger partial charge in [0.2, 0.25) is 0 Å². The SMILES string of the molecule is CCOCCCCc1cc(C(=O)OCC)ccc1C#Cc1ccc(O)cc1C(F)(F)F. The average Bonchev–Trinajstić information content (AvgIpc) is 2.72. The van der Waals surface area contributed by atoms with Crippen molar-refractivity contribution in [1.82, 2.24) is 0 Å². The van der Waals surface area contributed by atoms with Crippen LogP contribution in [0, 0.1) is 11.8 Å². The van der Waals surface area contributed by atoms with Gasteiger partial charge in [0.1, 0.15) is 5.75 Å². The highest BCUT2D eigenvalue weighted by Gasteiger charge is 2.33. The largest absolute Gasteiger partial charge is 0.508 e. The lowest BCUT2D eigenvalue weighted by Crippen LogP contribution is -2.07. The van der Waals surface area contributed by atoms with Gasteiger partial charge in [0.25, 0.3) is 0 Å². The fourth-order valence-electron chi connectivity index (χ4n) is 2.94. The van der Waals surface area contributed by atoms with Crippen molar-refractivity contribution in [3.8, 4) is 17.6 Å². The number of alkyl halides is 3. The molecule has 0 aliphatic heterocycles. The summed E-state index contributed by atoms with van der Waals surface area (Å²) in [6.45, 7) is 5.10. The highest BCUT2D eigenvalue weighted by atomic mass is 19.4. The number of aromatic hydroxyl groups is 1. The number of esters is 1. The van der Waals surface area contributed by atoms with E-state index in [9.17, 15) is 23.1 Å². The molecular formula is C24H25F3O4. The summed E-state index contributed by atoms with van der Waals surface area (Å²) in [6.07, 6.45) is -2.47. The molecule has 1 N–H and O–H groups in total.